The zero-order valence-corrected chi connectivity index (χ0v) is 23.8. The Kier molecular flexibility index (Phi) is 5.92. The topological polar surface area (TPSA) is 124 Å². The van der Waals surface area contributed by atoms with Crippen LogP contribution in [0.25, 0.3) is 0 Å². The molecule has 1 heterocycles. The number of halogens is 2. The Morgan fingerprint density at radius 2 is 1.59 bits per heavy atom. The summed E-state index contributed by atoms with van der Waals surface area (Å²) in [5.41, 5.74) is -1.66. The molecule has 1 spiro atoms. The summed E-state index contributed by atoms with van der Waals surface area (Å²) < 4.78 is 70.0. The summed E-state index contributed by atoms with van der Waals surface area (Å²) in [6.07, 6.45) is 6.85. The smallest absolute Gasteiger partial charge is 0.464 e. The number of thioether (sulfide) groups is 2. The average molecular weight is 607 g/mol. The van der Waals surface area contributed by atoms with E-state index in [1.54, 1.807) is 11.8 Å². The van der Waals surface area contributed by atoms with Gasteiger partial charge in [0.15, 0.2) is 0 Å². The summed E-state index contributed by atoms with van der Waals surface area (Å²) in [6.45, 7) is 0.303. The first-order valence-electron chi connectivity index (χ1n) is 13.9. The van der Waals surface area contributed by atoms with Crippen LogP contribution in [0.1, 0.15) is 64.2 Å². The lowest BCUT2D eigenvalue weighted by molar-refractivity contribution is -0.201. The van der Waals surface area contributed by atoms with Crippen molar-refractivity contribution in [2.75, 3.05) is 12.4 Å². The van der Waals surface area contributed by atoms with Gasteiger partial charge in [-0.3, -0.25) is 14.1 Å². The highest BCUT2D eigenvalue weighted by Gasteiger charge is 2.68. The largest absolute Gasteiger partial charge is 0.465 e. The van der Waals surface area contributed by atoms with Gasteiger partial charge in [0.2, 0.25) is 0 Å². The molecule has 0 amide bonds. The van der Waals surface area contributed by atoms with E-state index in [2.05, 4.69) is 0 Å². The minimum absolute atomic E-state index is 0.00962. The summed E-state index contributed by atoms with van der Waals surface area (Å²) in [5, 5.41) is -4.90. The van der Waals surface area contributed by atoms with E-state index < -0.39 is 32.4 Å². The molecule has 1 aliphatic heterocycles. The second-order valence-electron chi connectivity index (χ2n) is 13.3. The molecule has 1 N–H and O–H groups in total. The molecule has 9 fully saturated rings. The molecule has 8 aliphatic carbocycles. The van der Waals surface area contributed by atoms with E-state index in [-0.39, 0.29) is 44.9 Å². The monoisotopic (exact) mass is 606 g/mol. The van der Waals surface area contributed by atoms with Crippen molar-refractivity contribution < 1.29 is 45.6 Å². The van der Waals surface area contributed by atoms with Gasteiger partial charge in [-0.2, -0.15) is 17.2 Å². The number of carbonyl (C=O) groups excluding carboxylic acids is 3. The molecule has 8 nitrogen and oxygen atoms in total. The molecular weight excluding hydrogens is 574 g/mol. The third-order valence-corrected chi connectivity index (χ3v) is 15.8. The van der Waals surface area contributed by atoms with Crippen LogP contribution in [0, 0.1) is 40.9 Å². The predicted molar refractivity (Wildman–Crippen MR) is 137 cm³/mol. The first-order valence-corrected chi connectivity index (χ1v) is 17.2. The van der Waals surface area contributed by atoms with Gasteiger partial charge >= 0.3 is 27.3 Å². The molecular formula is C26H32F2O8S3. The second kappa shape index (κ2) is 8.56. The van der Waals surface area contributed by atoms with Crippen molar-refractivity contribution >= 4 is 51.4 Å². The van der Waals surface area contributed by atoms with Crippen LogP contribution < -0.4 is 0 Å². The quantitative estimate of drug-likeness (QED) is 0.350. The fourth-order valence-corrected chi connectivity index (χ4v) is 14.1. The highest BCUT2D eigenvalue weighted by atomic mass is 32.2. The zero-order chi connectivity index (χ0) is 27.6. The lowest BCUT2D eigenvalue weighted by atomic mass is 9.49. The maximum atomic E-state index is 14.0. The zero-order valence-electron chi connectivity index (χ0n) is 21.3. The Morgan fingerprint density at radius 3 is 2.21 bits per heavy atom. The Hall–Kier alpha value is -0.920. The summed E-state index contributed by atoms with van der Waals surface area (Å²) >= 11 is 3.63. The fourth-order valence-electron chi connectivity index (χ4n) is 9.72. The van der Waals surface area contributed by atoms with Crippen LogP contribution in [0.5, 0.6) is 0 Å². The number of Topliss-reactive ketones (excluding diaryl/α,β-unsaturated/α-hetero) is 1. The lowest BCUT2D eigenvalue weighted by Gasteiger charge is -2.63. The van der Waals surface area contributed by atoms with Crippen molar-refractivity contribution in [2.45, 2.75) is 84.4 Å². The van der Waals surface area contributed by atoms with Gasteiger partial charge in [-0.15, -0.1) is 23.5 Å². The number of esters is 2. The molecule has 8 saturated carbocycles. The van der Waals surface area contributed by atoms with Crippen molar-refractivity contribution in [3.63, 3.8) is 0 Å². The minimum atomic E-state index is -5.92. The lowest BCUT2D eigenvalue weighted by Crippen LogP contribution is -2.62. The fraction of sp³-hybridized carbons (Fsp3) is 0.885. The molecule has 8 bridgehead atoms. The highest BCUT2D eigenvalue weighted by Crippen LogP contribution is 2.71. The first-order chi connectivity index (χ1) is 18.2. The number of hydrogen-bond donors (Lipinski definition) is 1. The first kappa shape index (κ1) is 26.9. The van der Waals surface area contributed by atoms with Crippen molar-refractivity contribution in [1.29, 1.82) is 0 Å². The Bertz CT molecular complexity index is 1200. The molecule has 0 aromatic heterocycles. The standard InChI is InChI=1S/C26H32F2O8S3/c27-26(28,39(32,33)34)22(31)36-24-6-14-3-17(9-24)25(18(4-14)10-24)37-12-19(38-25)11-35-21(30)23-5-13-1-15(7-23)20(29)16(2-13)8-23/h13-19H,1-12H2,(H,32,33,34). The molecule has 1 saturated heterocycles. The Labute approximate surface area is 234 Å². The van der Waals surface area contributed by atoms with Crippen LogP contribution in [0.3, 0.4) is 0 Å². The van der Waals surface area contributed by atoms with Gasteiger partial charge in [0.05, 0.1) is 9.49 Å². The van der Waals surface area contributed by atoms with Gasteiger partial charge in [-0.05, 0) is 87.9 Å². The summed E-state index contributed by atoms with van der Waals surface area (Å²) in [6, 6.07) is 0. The number of hydrogen-bond acceptors (Lipinski definition) is 9. The van der Waals surface area contributed by atoms with Crippen LogP contribution in [0.2, 0.25) is 0 Å². The number of ketones is 1. The highest BCUT2D eigenvalue weighted by molar-refractivity contribution is 8.21. The minimum Gasteiger partial charge on any atom is -0.464 e. The molecule has 9 aliphatic rings. The van der Waals surface area contributed by atoms with Gasteiger partial charge in [0.25, 0.3) is 0 Å². The molecule has 0 aromatic rings. The second-order valence-corrected chi connectivity index (χ2v) is 17.9. The molecule has 5 atom stereocenters. The van der Waals surface area contributed by atoms with Gasteiger partial charge in [0.1, 0.15) is 18.0 Å². The number of rotatable bonds is 6. The van der Waals surface area contributed by atoms with Crippen molar-refractivity contribution in [3.8, 4) is 0 Å². The van der Waals surface area contributed by atoms with Crippen molar-refractivity contribution in [3.05, 3.63) is 0 Å². The molecule has 0 radical (unpaired) electrons. The maximum Gasteiger partial charge on any atom is 0.465 e. The van der Waals surface area contributed by atoms with Crippen molar-refractivity contribution in [2.24, 2.45) is 40.9 Å². The van der Waals surface area contributed by atoms with E-state index >= 15 is 0 Å². The predicted octanol–water partition coefficient (Wildman–Crippen LogP) is 4.07. The third-order valence-electron chi connectivity index (χ3n) is 10.8. The number of carbonyl (C=O) groups is 3. The van der Waals surface area contributed by atoms with Gasteiger partial charge in [-0.1, -0.05) is 0 Å². The molecule has 216 valence electrons. The Morgan fingerprint density at radius 1 is 0.974 bits per heavy atom. The van der Waals surface area contributed by atoms with Crippen LogP contribution in [-0.4, -0.2) is 63.2 Å². The van der Waals surface area contributed by atoms with Crippen LogP contribution in [-0.2, 0) is 34.0 Å². The van der Waals surface area contributed by atoms with Crippen LogP contribution in [0.15, 0.2) is 0 Å². The van der Waals surface area contributed by atoms with E-state index in [0.717, 1.165) is 37.9 Å². The van der Waals surface area contributed by atoms with Crippen molar-refractivity contribution in [1.82, 2.24) is 0 Å². The maximum absolute atomic E-state index is 14.0. The molecule has 5 unspecified atom stereocenters. The van der Waals surface area contributed by atoms with Gasteiger partial charge < -0.3 is 9.47 Å². The normalized spacial score (nSPS) is 47.7. The van der Waals surface area contributed by atoms with E-state index in [1.807, 2.05) is 11.8 Å². The summed E-state index contributed by atoms with van der Waals surface area (Å²) in [5.74, 6) is -0.363. The SMILES string of the molecule is O=C1C2CC3CC1CC(C(=O)OCC1CSC4(S1)C1CC5CC4CC(OC(=O)C(F)(F)S(=O)(=O)O)(C5)C1)(C3)C2. The molecule has 0 aromatic carbocycles. The van der Waals surface area contributed by atoms with E-state index in [4.69, 9.17) is 14.0 Å². The summed E-state index contributed by atoms with van der Waals surface area (Å²) in [7, 11) is -5.92. The van der Waals surface area contributed by atoms with Gasteiger partial charge in [-0.25, -0.2) is 4.79 Å². The third kappa shape index (κ3) is 3.98. The van der Waals surface area contributed by atoms with Crippen LogP contribution >= 0.6 is 23.5 Å². The van der Waals surface area contributed by atoms with Gasteiger partial charge in [0, 0.05) is 22.8 Å². The van der Waals surface area contributed by atoms with E-state index in [0.29, 0.717) is 50.4 Å². The average Bonchev–Trinajstić information content (AvgIpc) is 3.27. The summed E-state index contributed by atoms with van der Waals surface area (Å²) in [4.78, 5) is 38.0. The molecule has 13 heteroatoms. The molecule has 39 heavy (non-hydrogen) atoms. The van der Waals surface area contributed by atoms with E-state index in [1.165, 1.54) is 0 Å². The Balaban J connectivity index is 1.00. The molecule has 9 rings (SSSR count). The van der Waals surface area contributed by atoms with Crippen LogP contribution in [0.4, 0.5) is 8.78 Å². The number of alkyl halides is 2. The number of ether oxygens (including phenoxy) is 2. The van der Waals surface area contributed by atoms with E-state index in [9.17, 15) is 31.6 Å².